The summed E-state index contributed by atoms with van der Waals surface area (Å²) in [7, 11) is 0. The third kappa shape index (κ3) is 5.06. The Morgan fingerprint density at radius 3 is 2.71 bits per heavy atom. The van der Waals surface area contributed by atoms with Crippen LogP contribution in [0.3, 0.4) is 0 Å². The van der Waals surface area contributed by atoms with Gasteiger partial charge in [0.25, 0.3) is 0 Å². The molecule has 1 aromatic carbocycles. The number of rotatable bonds is 4. The zero-order valence-electron chi connectivity index (χ0n) is 8.78. The summed E-state index contributed by atoms with van der Waals surface area (Å²) in [5.41, 5.74) is 0.618. The normalized spacial score (nSPS) is 12.0. The Kier molecular flexibility index (Phi) is 5.94. The van der Waals surface area contributed by atoms with Crippen LogP contribution >= 0.6 is 35.4 Å². The van der Waals surface area contributed by atoms with Crippen molar-refractivity contribution in [3.05, 3.63) is 28.2 Å². The Labute approximate surface area is 115 Å². The number of thiocarbonyl (C=S) groups is 1. The van der Waals surface area contributed by atoms with Gasteiger partial charge in [-0.2, -0.15) is 0 Å². The Bertz CT molecular complexity index is 404. The van der Waals surface area contributed by atoms with Crippen molar-refractivity contribution >= 4 is 46.2 Å². The summed E-state index contributed by atoms with van der Waals surface area (Å²) in [4.78, 5) is 0. The Hall–Kier alpha value is -0.590. The molecular formula is C10H12Cl2N2O2S. The molecule has 4 nitrogen and oxygen atoms in total. The highest BCUT2D eigenvalue weighted by atomic mass is 35.5. The van der Waals surface area contributed by atoms with Gasteiger partial charge in [-0.05, 0) is 30.4 Å². The second-order valence-corrected chi connectivity index (χ2v) is 4.55. The number of nitrogens with one attached hydrogen (secondary N) is 2. The molecular weight excluding hydrogens is 283 g/mol. The predicted octanol–water partition coefficient (Wildman–Crippen LogP) is 1.63. The van der Waals surface area contributed by atoms with Crippen molar-refractivity contribution < 1.29 is 10.2 Å². The van der Waals surface area contributed by atoms with E-state index in [1.54, 1.807) is 18.2 Å². The summed E-state index contributed by atoms with van der Waals surface area (Å²) >= 11 is 16.7. The maximum atomic E-state index is 9.12. The van der Waals surface area contributed by atoms with Gasteiger partial charge in [-0.3, -0.25) is 0 Å². The van der Waals surface area contributed by atoms with E-state index in [2.05, 4.69) is 10.6 Å². The summed E-state index contributed by atoms with van der Waals surface area (Å²) in [5.74, 6) is 0. The molecule has 0 bridgehead atoms. The molecule has 94 valence electrons. The molecule has 1 atom stereocenters. The molecule has 0 heterocycles. The number of hydrogen-bond donors (Lipinski definition) is 4. The second kappa shape index (κ2) is 6.98. The number of aliphatic hydroxyl groups excluding tert-OH is 2. The Balaban J connectivity index is 2.50. The van der Waals surface area contributed by atoms with E-state index in [-0.39, 0.29) is 13.2 Å². The lowest BCUT2D eigenvalue weighted by Crippen LogP contribution is -2.36. The van der Waals surface area contributed by atoms with Crippen LogP contribution in [0.2, 0.25) is 10.0 Å². The van der Waals surface area contributed by atoms with Gasteiger partial charge >= 0.3 is 0 Å². The zero-order chi connectivity index (χ0) is 12.8. The lowest BCUT2D eigenvalue weighted by Gasteiger charge is -2.13. The molecule has 7 heteroatoms. The highest BCUT2D eigenvalue weighted by molar-refractivity contribution is 7.80. The second-order valence-electron chi connectivity index (χ2n) is 3.30. The summed E-state index contributed by atoms with van der Waals surface area (Å²) < 4.78 is 0. The molecule has 0 aliphatic rings. The van der Waals surface area contributed by atoms with E-state index >= 15 is 0 Å². The molecule has 0 aliphatic heterocycles. The monoisotopic (exact) mass is 294 g/mol. The predicted molar refractivity (Wildman–Crippen MR) is 73.8 cm³/mol. The first-order chi connectivity index (χ1) is 8.02. The topological polar surface area (TPSA) is 64.5 Å². The first-order valence-corrected chi connectivity index (χ1v) is 5.98. The van der Waals surface area contributed by atoms with Crippen molar-refractivity contribution in [3.8, 4) is 0 Å². The summed E-state index contributed by atoms with van der Waals surface area (Å²) in [5, 5.41) is 24.6. The maximum Gasteiger partial charge on any atom is 0.170 e. The highest BCUT2D eigenvalue weighted by Gasteiger charge is 2.05. The first-order valence-electron chi connectivity index (χ1n) is 4.81. The quantitative estimate of drug-likeness (QED) is 0.636. The average Bonchev–Trinajstić information content (AvgIpc) is 2.29. The minimum atomic E-state index is -0.851. The highest BCUT2D eigenvalue weighted by Crippen LogP contribution is 2.25. The van der Waals surface area contributed by atoms with Gasteiger partial charge in [0, 0.05) is 11.6 Å². The van der Waals surface area contributed by atoms with E-state index in [1.807, 2.05) is 0 Å². The van der Waals surface area contributed by atoms with Gasteiger partial charge in [-0.1, -0.05) is 23.2 Å². The molecule has 0 amide bonds. The SMILES string of the molecule is OC[C@H](O)CNC(=S)Nc1ccc(Cl)cc1Cl. The van der Waals surface area contributed by atoms with Crippen molar-refractivity contribution in [2.45, 2.75) is 6.10 Å². The molecule has 1 rings (SSSR count). The molecule has 1 aromatic rings. The molecule has 0 spiro atoms. The van der Waals surface area contributed by atoms with Crippen LogP contribution in [0.5, 0.6) is 0 Å². The van der Waals surface area contributed by atoms with Crippen LogP contribution in [-0.2, 0) is 0 Å². The van der Waals surface area contributed by atoms with Crippen molar-refractivity contribution in [2.75, 3.05) is 18.5 Å². The van der Waals surface area contributed by atoms with E-state index in [9.17, 15) is 0 Å². The maximum absolute atomic E-state index is 9.12. The largest absolute Gasteiger partial charge is 0.394 e. The van der Waals surface area contributed by atoms with E-state index < -0.39 is 6.10 Å². The standard InChI is InChI=1S/C10H12Cl2N2O2S/c11-6-1-2-9(8(12)3-6)14-10(17)13-4-7(16)5-15/h1-3,7,15-16H,4-5H2,(H2,13,14,17)/t7-/m1/s1. The summed E-state index contributed by atoms with van der Waals surface area (Å²) in [6.45, 7) is -0.162. The van der Waals surface area contributed by atoms with Crippen LogP contribution in [0.25, 0.3) is 0 Å². The van der Waals surface area contributed by atoms with Crippen molar-refractivity contribution in [1.29, 1.82) is 0 Å². The van der Waals surface area contributed by atoms with Crippen LogP contribution in [0.1, 0.15) is 0 Å². The number of benzene rings is 1. The van der Waals surface area contributed by atoms with Gasteiger partial charge in [-0.15, -0.1) is 0 Å². The zero-order valence-corrected chi connectivity index (χ0v) is 11.1. The van der Waals surface area contributed by atoms with Gasteiger partial charge in [0.2, 0.25) is 0 Å². The van der Waals surface area contributed by atoms with Gasteiger partial charge < -0.3 is 20.8 Å². The van der Waals surface area contributed by atoms with Crippen molar-refractivity contribution in [2.24, 2.45) is 0 Å². The van der Waals surface area contributed by atoms with Crippen molar-refractivity contribution in [3.63, 3.8) is 0 Å². The van der Waals surface area contributed by atoms with Crippen LogP contribution in [0, 0.1) is 0 Å². The average molecular weight is 295 g/mol. The minimum Gasteiger partial charge on any atom is -0.394 e. The molecule has 17 heavy (non-hydrogen) atoms. The molecule has 0 radical (unpaired) electrons. The van der Waals surface area contributed by atoms with E-state index in [1.165, 1.54) is 0 Å². The van der Waals surface area contributed by atoms with Crippen molar-refractivity contribution in [1.82, 2.24) is 5.32 Å². The van der Waals surface area contributed by atoms with E-state index in [0.29, 0.717) is 20.8 Å². The smallest absolute Gasteiger partial charge is 0.170 e. The molecule has 4 N–H and O–H groups in total. The Morgan fingerprint density at radius 1 is 1.41 bits per heavy atom. The third-order valence-corrected chi connectivity index (χ3v) is 2.68. The number of aliphatic hydroxyl groups is 2. The molecule has 0 saturated carbocycles. The molecule has 0 fully saturated rings. The molecule has 0 aromatic heterocycles. The van der Waals surface area contributed by atoms with E-state index in [4.69, 9.17) is 45.6 Å². The van der Waals surface area contributed by atoms with Crippen LogP contribution in [0.4, 0.5) is 5.69 Å². The summed E-state index contributed by atoms with van der Waals surface area (Å²) in [6, 6.07) is 4.97. The number of anilines is 1. The third-order valence-electron chi connectivity index (χ3n) is 1.89. The Morgan fingerprint density at radius 2 is 2.12 bits per heavy atom. The van der Waals surface area contributed by atoms with Gasteiger partial charge in [0.05, 0.1) is 23.4 Å². The fraction of sp³-hybridized carbons (Fsp3) is 0.300. The lowest BCUT2D eigenvalue weighted by molar-refractivity contribution is 0.0984. The van der Waals surface area contributed by atoms with Crippen LogP contribution in [0.15, 0.2) is 18.2 Å². The summed E-state index contributed by atoms with van der Waals surface area (Å²) in [6.07, 6.45) is -0.851. The number of halogens is 2. The van der Waals surface area contributed by atoms with Gasteiger partial charge in [-0.25, -0.2) is 0 Å². The number of hydrogen-bond acceptors (Lipinski definition) is 3. The molecule has 0 aliphatic carbocycles. The fourth-order valence-electron chi connectivity index (χ4n) is 1.03. The van der Waals surface area contributed by atoms with E-state index in [0.717, 1.165) is 0 Å². The van der Waals surface area contributed by atoms with Crippen LogP contribution < -0.4 is 10.6 Å². The minimum absolute atomic E-state index is 0.160. The van der Waals surface area contributed by atoms with Crippen LogP contribution in [-0.4, -0.2) is 34.6 Å². The lowest BCUT2D eigenvalue weighted by atomic mass is 10.3. The first kappa shape index (κ1) is 14.5. The van der Waals surface area contributed by atoms with Gasteiger partial charge in [0.1, 0.15) is 0 Å². The molecule has 0 unspecified atom stereocenters. The fourth-order valence-corrected chi connectivity index (χ4v) is 1.68. The van der Waals surface area contributed by atoms with Gasteiger partial charge in [0.15, 0.2) is 5.11 Å². The molecule has 0 saturated heterocycles.